The van der Waals surface area contributed by atoms with Crippen molar-refractivity contribution >= 4 is 29.9 Å². The number of ether oxygens (including phenoxy) is 1. The number of aliphatic imine (C=N–C) groups is 1. The monoisotopic (exact) mass is 545 g/mol. The molecule has 1 aromatic carbocycles. The first-order valence-corrected chi connectivity index (χ1v) is 11.3. The summed E-state index contributed by atoms with van der Waals surface area (Å²) >= 11 is 0. The lowest BCUT2D eigenvalue weighted by Crippen LogP contribution is -2.45. The summed E-state index contributed by atoms with van der Waals surface area (Å²) in [4.78, 5) is 9.40. The van der Waals surface area contributed by atoms with Gasteiger partial charge in [-0.1, -0.05) is 31.2 Å². The van der Waals surface area contributed by atoms with Crippen molar-refractivity contribution in [1.29, 1.82) is 0 Å². The Morgan fingerprint density at radius 1 is 1.10 bits per heavy atom. The van der Waals surface area contributed by atoms with Gasteiger partial charge in [0, 0.05) is 71.5 Å². The lowest BCUT2D eigenvalue weighted by atomic mass is 9.84. The number of aliphatic hydroxyl groups is 1. The quantitative estimate of drug-likeness (QED) is 0.250. The van der Waals surface area contributed by atoms with Crippen LogP contribution in [0.2, 0.25) is 0 Å². The predicted molar refractivity (Wildman–Crippen MR) is 137 cm³/mol. The molecule has 0 spiro atoms. The molecule has 0 saturated carbocycles. The number of aliphatic hydroxyl groups excluding tert-OH is 1. The molecule has 0 aliphatic carbocycles. The van der Waals surface area contributed by atoms with Gasteiger partial charge in [0.1, 0.15) is 0 Å². The fourth-order valence-electron chi connectivity index (χ4n) is 4.27. The van der Waals surface area contributed by atoms with Crippen molar-refractivity contribution in [2.75, 3.05) is 66.1 Å². The minimum atomic E-state index is 0. The van der Waals surface area contributed by atoms with E-state index < -0.39 is 0 Å². The lowest BCUT2D eigenvalue weighted by molar-refractivity contribution is 0.127. The highest BCUT2D eigenvalue weighted by Gasteiger charge is 2.34. The van der Waals surface area contributed by atoms with Crippen LogP contribution in [0.25, 0.3) is 0 Å². The standard InChI is InChI=1S/C23H39N5O2.HI/c1-3-27-10-12-28(13-11-27)17-21-6-4-20(5-7-21)16-25-22(24-2)26-18-23(8-14-29)9-15-30-19-23;/h4-7,29H,3,8-19H2,1-2H3,(H2,24,25,26);1H. The second-order valence-corrected chi connectivity index (χ2v) is 8.58. The molecule has 3 N–H and O–H groups in total. The third kappa shape index (κ3) is 8.16. The SMILES string of the molecule is CCN1CCN(Cc2ccc(CNC(=NC)NCC3(CCO)CCOC3)cc2)CC1.I. The van der Waals surface area contributed by atoms with E-state index in [-0.39, 0.29) is 36.0 Å². The van der Waals surface area contributed by atoms with E-state index in [1.807, 2.05) is 0 Å². The molecule has 2 aliphatic heterocycles. The van der Waals surface area contributed by atoms with Crippen LogP contribution in [-0.2, 0) is 17.8 Å². The van der Waals surface area contributed by atoms with Crippen LogP contribution in [0.5, 0.6) is 0 Å². The molecule has 31 heavy (non-hydrogen) atoms. The molecule has 7 nitrogen and oxygen atoms in total. The Morgan fingerprint density at radius 2 is 1.77 bits per heavy atom. The highest BCUT2D eigenvalue weighted by molar-refractivity contribution is 14.0. The van der Waals surface area contributed by atoms with Gasteiger partial charge in [0.15, 0.2) is 5.96 Å². The summed E-state index contributed by atoms with van der Waals surface area (Å²) in [6, 6.07) is 8.89. The van der Waals surface area contributed by atoms with Crippen molar-refractivity contribution in [2.24, 2.45) is 10.4 Å². The maximum atomic E-state index is 9.38. The number of likely N-dealkylation sites (N-methyl/N-ethyl adjacent to an activating group) is 1. The van der Waals surface area contributed by atoms with Crippen LogP contribution in [-0.4, -0.2) is 87.0 Å². The molecule has 1 aromatic rings. The van der Waals surface area contributed by atoms with E-state index in [2.05, 4.69) is 56.6 Å². The maximum Gasteiger partial charge on any atom is 0.191 e. The summed E-state index contributed by atoms with van der Waals surface area (Å²) < 4.78 is 5.57. The summed E-state index contributed by atoms with van der Waals surface area (Å²) in [6.45, 7) is 12.3. The average molecular weight is 546 g/mol. The Hall–Kier alpha value is -0.940. The maximum absolute atomic E-state index is 9.38. The van der Waals surface area contributed by atoms with E-state index in [1.54, 1.807) is 7.05 Å². The number of guanidine groups is 1. The Labute approximate surface area is 204 Å². The predicted octanol–water partition coefficient (Wildman–Crippen LogP) is 1.90. The van der Waals surface area contributed by atoms with E-state index in [1.165, 1.54) is 24.2 Å². The number of nitrogens with zero attached hydrogens (tertiary/aromatic N) is 3. The Morgan fingerprint density at radius 3 is 2.35 bits per heavy atom. The summed E-state index contributed by atoms with van der Waals surface area (Å²) in [7, 11) is 1.79. The van der Waals surface area contributed by atoms with Crippen LogP contribution < -0.4 is 10.6 Å². The van der Waals surface area contributed by atoms with Crippen LogP contribution in [0.4, 0.5) is 0 Å². The number of rotatable bonds is 9. The van der Waals surface area contributed by atoms with Gasteiger partial charge in [-0.2, -0.15) is 0 Å². The molecule has 176 valence electrons. The van der Waals surface area contributed by atoms with Gasteiger partial charge in [-0.15, -0.1) is 24.0 Å². The van der Waals surface area contributed by atoms with E-state index in [0.29, 0.717) is 6.61 Å². The summed E-state index contributed by atoms with van der Waals surface area (Å²) in [5.41, 5.74) is 2.63. The van der Waals surface area contributed by atoms with Crippen molar-refractivity contribution in [2.45, 2.75) is 32.9 Å². The summed E-state index contributed by atoms with van der Waals surface area (Å²) in [5, 5.41) is 16.2. The van der Waals surface area contributed by atoms with Gasteiger partial charge in [-0.05, 0) is 30.5 Å². The fourth-order valence-corrected chi connectivity index (χ4v) is 4.27. The van der Waals surface area contributed by atoms with Crippen molar-refractivity contribution in [3.8, 4) is 0 Å². The normalized spacial score (nSPS) is 22.9. The third-order valence-electron chi connectivity index (χ3n) is 6.48. The first-order valence-electron chi connectivity index (χ1n) is 11.3. The van der Waals surface area contributed by atoms with Crippen LogP contribution >= 0.6 is 24.0 Å². The van der Waals surface area contributed by atoms with Gasteiger partial charge in [0.25, 0.3) is 0 Å². The number of nitrogens with one attached hydrogen (secondary N) is 2. The Balaban J connectivity index is 0.00000341. The molecule has 0 amide bonds. The Kier molecular flexibility index (Phi) is 11.5. The minimum absolute atomic E-state index is 0. The largest absolute Gasteiger partial charge is 0.396 e. The van der Waals surface area contributed by atoms with Gasteiger partial charge in [0.05, 0.1) is 6.61 Å². The van der Waals surface area contributed by atoms with Gasteiger partial charge in [-0.3, -0.25) is 9.89 Å². The molecule has 0 radical (unpaired) electrons. The van der Waals surface area contributed by atoms with Crippen LogP contribution in [0, 0.1) is 5.41 Å². The zero-order valence-electron chi connectivity index (χ0n) is 19.1. The number of halogens is 1. The summed E-state index contributed by atoms with van der Waals surface area (Å²) in [5.74, 6) is 0.789. The number of benzene rings is 1. The van der Waals surface area contributed by atoms with E-state index >= 15 is 0 Å². The van der Waals surface area contributed by atoms with Crippen LogP contribution in [0.15, 0.2) is 29.3 Å². The molecule has 2 saturated heterocycles. The van der Waals surface area contributed by atoms with Crippen molar-refractivity contribution < 1.29 is 9.84 Å². The first kappa shape index (κ1) is 26.3. The molecular weight excluding hydrogens is 505 g/mol. The third-order valence-corrected chi connectivity index (χ3v) is 6.48. The van der Waals surface area contributed by atoms with Gasteiger partial charge in [0.2, 0.25) is 0 Å². The van der Waals surface area contributed by atoms with Crippen molar-refractivity contribution in [3.63, 3.8) is 0 Å². The average Bonchev–Trinajstić information content (AvgIpc) is 3.24. The smallest absolute Gasteiger partial charge is 0.191 e. The molecular formula is C23H40IN5O2. The zero-order valence-corrected chi connectivity index (χ0v) is 21.4. The molecule has 8 heteroatoms. The van der Waals surface area contributed by atoms with E-state index in [9.17, 15) is 5.11 Å². The van der Waals surface area contributed by atoms with E-state index in [0.717, 1.165) is 64.7 Å². The Bertz CT molecular complexity index is 656. The van der Waals surface area contributed by atoms with E-state index in [4.69, 9.17) is 4.74 Å². The topological polar surface area (TPSA) is 72.4 Å². The molecule has 2 heterocycles. The second-order valence-electron chi connectivity index (χ2n) is 8.58. The highest BCUT2D eigenvalue weighted by atomic mass is 127. The van der Waals surface area contributed by atoms with Gasteiger partial charge < -0.3 is 25.4 Å². The zero-order chi connectivity index (χ0) is 21.2. The van der Waals surface area contributed by atoms with Crippen molar-refractivity contribution in [3.05, 3.63) is 35.4 Å². The molecule has 3 rings (SSSR count). The first-order chi connectivity index (χ1) is 14.7. The molecule has 1 unspecified atom stereocenters. The highest BCUT2D eigenvalue weighted by Crippen LogP contribution is 2.31. The van der Waals surface area contributed by atoms with Crippen LogP contribution in [0.3, 0.4) is 0 Å². The molecule has 0 bridgehead atoms. The summed E-state index contributed by atoms with van der Waals surface area (Å²) in [6.07, 6.45) is 1.73. The van der Waals surface area contributed by atoms with Crippen LogP contribution in [0.1, 0.15) is 30.9 Å². The van der Waals surface area contributed by atoms with Crippen molar-refractivity contribution in [1.82, 2.24) is 20.4 Å². The molecule has 1 atom stereocenters. The number of hydrogen-bond acceptors (Lipinski definition) is 5. The van der Waals surface area contributed by atoms with Gasteiger partial charge >= 0.3 is 0 Å². The number of hydrogen-bond donors (Lipinski definition) is 3. The number of piperazine rings is 1. The minimum Gasteiger partial charge on any atom is -0.396 e. The molecule has 2 fully saturated rings. The molecule has 2 aliphatic rings. The van der Waals surface area contributed by atoms with Gasteiger partial charge in [-0.25, -0.2) is 0 Å². The fraction of sp³-hybridized carbons (Fsp3) is 0.696. The lowest BCUT2D eigenvalue weighted by Gasteiger charge is -2.34. The molecule has 0 aromatic heterocycles. The second kappa shape index (κ2) is 13.6.